The van der Waals surface area contributed by atoms with Crippen LogP contribution in [0.15, 0.2) is 46.1 Å². The van der Waals surface area contributed by atoms with Gasteiger partial charge in [-0.25, -0.2) is 9.86 Å². The second-order valence-corrected chi connectivity index (χ2v) is 9.84. The van der Waals surface area contributed by atoms with Crippen molar-refractivity contribution in [1.29, 1.82) is 0 Å². The summed E-state index contributed by atoms with van der Waals surface area (Å²) < 4.78 is 2.79. The van der Waals surface area contributed by atoms with Gasteiger partial charge in [0, 0.05) is 37.1 Å². The molecule has 34 heavy (non-hydrogen) atoms. The second kappa shape index (κ2) is 8.81. The number of para-hydroxylation sites is 1. The maximum atomic E-state index is 13.4. The Kier molecular flexibility index (Phi) is 5.83. The Labute approximate surface area is 200 Å². The van der Waals surface area contributed by atoms with Gasteiger partial charge >= 0.3 is 5.69 Å². The van der Waals surface area contributed by atoms with Crippen molar-refractivity contribution in [2.24, 2.45) is 13.0 Å². The quantitative estimate of drug-likeness (QED) is 0.381. The number of aryl methyl sites for hydroxylation is 2. The molecule has 1 aromatic carbocycles. The van der Waals surface area contributed by atoms with Gasteiger partial charge in [0.05, 0.1) is 23.6 Å². The first-order valence-electron chi connectivity index (χ1n) is 11.3. The van der Waals surface area contributed by atoms with Crippen LogP contribution in [0.4, 0.5) is 0 Å². The van der Waals surface area contributed by atoms with E-state index in [0.29, 0.717) is 41.1 Å². The van der Waals surface area contributed by atoms with Crippen molar-refractivity contribution >= 4 is 38.4 Å². The number of hydrogen-bond acceptors (Lipinski definition) is 6. The van der Waals surface area contributed by atoms with Gasteiger partial charge in [-0.2, -0.15) is 0 Å². The Morgan fingerprint density at radius 1 is 1.21 bits per heavy atom. The molecule has 0 saturated heterocycles. The van der Waals surface area contributed by atoms with Crippen molar-refractivity contribution in [3.8, 4) is 0 Å². The maximum Gasteiger partial charge on any atom is 0.331 e. The van der Waals surface area contributed by atoms with Gasteiger partial charge < -0.3 is 0 Å². The number of thiophene rings is 1. The molecule has 0 N–H and O–H groups in total. The first-order valence-corrected chi connectivity index (χ1v) is 12.1. The highest BCUT2D eigenvalue weighted by atomic mass is 32.1. The molecule has 3 heterocycles. The van der Waals surface area contributed by atoms with Gasteiger partial charge in [-0.3, -0.25) is 28.5 Å². The van der Waals surface area contributed by atoms with E-state index in [9.17, 15) is 14.4 Å². The number of hydrogen-bond donors (Lipinski definition) is 0. The number of rotatable bonds is 7. The fourth-order valence-electron chi connectivity index (χ4n) is 4.36. The van der Waals surface area contributed by atoms with Crippen LogP contribution < -0.4 is 11.2 Å². The third-order valence-electron chi connectivity index (χ3n) is 6.52. The topological polar surface area (TPSA) is 86.4 Å². The van der Waals surface area contributed by atoms with Gasteiger partial charge in [0.25, 0.3) is 11.5 Å². The zero-order valence-corrected chi connectivity index (χ0v) is 20.2. The lowest BCUT2D eigenvalue weighted by molar-refractivity contribution is -0.0756. The first-order chi connectivity index (χ1) is 16.4. The lowest BCUT2D eigenvalue weighted by Gasteiger charge is -2.15. The van der Waals surface area contributed by atoms with Crippen LogP contribution in [0.25, 0.3) is 21.1 Å². The van der Waals surface area contributed by atoms with Crippen LogP contribution in [0.3, 0.4) is 0 Å². The summed E-state index contributed by atoms with van der Waals surface area (Å²) in [7, 11) is 4.41. The van der Waals surface area contributed by atoms with Crippen LogP contribution in [0.1, 0.15) is 33.6 Å². The van der Waals surface area contributed by atoms with Gasteiger partial charge in [0.1, 0.15) is 4.83 Å². The van der Waals surface area contributed by atoms with E-state index in [1.165, 1.54) is 32.5 Å². The summed E-state index contributed by atoms with van der Waals surface area (Å²) in [6, 6.07) is 9.94. The van der Waals surface area contributed by atoms with Crippen LogP contribution in [-0.2, 0) is 31.3 Å². The maximum absolute atomic E-state index is 13.4. The Morgan fingerprint density at radius 2 is 1.97 bits per heavy atom. The minimum absolute atomic E-state index is 0.302. The average molecular weight is 479 g/mol. The van der Waals surface area contributed by atoms with E-state index in [1.807, 2.05) is 30.3 Å². The lowest BCUT2D eigenvalue weighted by Crippen LogP contribution is -2.39. The molecule has 5 rings (SSSR count). The van der Waals surface area contributed by atoms with E-state index in [4.69, 9.17) is 4.84 Å². The van der Waals surface area contributed by atoms with Crippen molar-refractivity contribution in [2.45, 2.75) is 32.2 Å². The number of pyridine rings is 1. The Balaban J connectivity index is 1.67. The van der Waals surface area contributed by atoms with Crippen LogP contribution >= 0.6 is 11.3 Å². The van der Waals surface area contributed by atoms with Crippen molar-refractivity contribution in [2.75, 3.05) is 14.2 Å². The van der Waals surface area contributed by atoms with E-state index in [0.717, 1.165) is 43.8 Å². The standard InChI is InChI=1S/C25H26N4O4S/c1-27-22(30)21-20(23(31)28(2)33-3)19(34-24(21)29(25(27)32)14-15-8-9-15)11-10-16-12-13-26-18-7-5-4-6-17(16)18/h4-7,12-13,15H,8-11,14H2,1-3H3. The Bertz CT molecular complexity index is 1520. The van der Waals surface area contributed by atoms with Crippen molar-refractivity contribution in [3.05, 3.63) is 73.4 Å². The summed E-state index contributed by atoms with van der Waals surface area (Å²) >= 11 is 1.37. The van der Waals surface area contributed by atoms with Crippen LogP contribution in [0.2, 0.25) is 0 Å². The smallest absolute Gasteiger partial charge is 0.284 e. The molecule has 1 amide bonds. The van der Waals surface area contributed by atoms with Crippen molar-refractivity contribution < 1.29 is 9.63 Å². The molecule has 1 aliphatic carbocycles. The minimum Gasteiger partial charge on any atom is -0.284 e. The third-order valence-corrected chi connectivity index (χ3v) is 7.79. The number of aromatic nitrogens is 3. The molecule has 3 aromatic heterocycles. The molecule has 9 heteroatoms. The summed E-state index contributed by atoms with van der Waals surface area (Å²) in [5.41, 5.74) is 1.57. The largest absolute Gasteiger partial charge is 0.331 e. The lowest BCUT2D eigenvalue weighted by atomic mass is 10.0. The number of amides is 1. The first kappa shape index (κ1) is 22.5. The summed E-state index contributed by atoms with van der Waals surface area (Å²) in [6.45, 7) is 0.562. The summed E-state index contributed by atoms with van der Waals surface area (Å²) in [5.74, 6) is 0.0463. The summed E-state index contributed by atoms with van der Waals surface area (Å²) in [6.07, 6.45) is 5.15. The highest BCUT2D eigenvalue weighted by molar-refractivity contribution is 7.19. The molecule has 0 atom stereocenters. The highest BCUT2D eigenvalue weighted by Gasteiger charge is 2.30. The summed E-state index contributed by atoms with van der Waals surface area (Å²) in [5, 5.41) is 2.49. The second-order valence-electron chi connectivity index (χ2n) is 8.75. The van der Waals surface area contributed by atoms with Gasteiger partial charge in [0.15, 0.2) is 0 Å². The van der Waals surface area contributed by atoms with Crippen molar-refractivity contribution in [3.63, 3.8) is 0 Å². The molecule has 1 fully saturated rings. The van der Waals surface area contributed by atoms with Gasteiger partial charge in [-0.1, -0.05) is 18.2 Å². The third kappa shape index (κ3) is 3.84. The Hall–Kier alpha value is -3.30. The highest BCUT2D eigenvalue weighted by Crippen LogP contribution is 2.35. The molecule has 8 nitrogen and oxygen atoms in total. The molecule has 1 saturated carbocycles. The molecule has 0 bridgehead atoms. The minimum atomic E-state index is -0.447. The van der Waals surface area contributed by atoms with E-state index in [1.54, 1.807) is 10.8 Å². The number of benzene rings is 1. The predicted octanol–water partition coefficient (Wildman–Crippen LogP) is 3.14. The fraction of sp³-hybridized carbons (Fsp3) is 0.360. The molecule has 0 spiro atoms. The molecule has 0 unspecified atom stereocenters. The SMILES string of the molecule is CON(C)C(=O)c1c(CCc2ccnc3ccccc23)sc2c1c(=O)n(C)c(=O)n2CC1CC1. The number of carbonyl (C=O) groups excluding carboxylic acids is 1. The van der Waals surface area contributed by atoms with Crippen LogP contribution in [-0.4, -0.2) is 39.2 Å². The van der Waals surface area contributed by atoms with Gasteiger partial charge in [-0.05, 0) is 49.3 Å². The molecule has 4 aromatic rings. The molecular formula is C25H26N4O4S. The fourth-order valence-corrected chi connectivity index (χ4v) is 5.64. The monoisotopic (exact) mass is 478 g/mol. The van der Waals surface area contributed by atoms with Gasteiger partial charge in [-0.15, -0.1) is 11.3 Å². The zero-order chi connectivity index (χ0) is 24.0. The number of fused-ring (bicyclic) bond motifs is 2. The molecule has 0 aliphatic heterocycles. The number of nitrogens with zero attached hydrogens (tertiary/aromatic N) is 4. The van der Waals surface area contributed by atoms with Crippen LogP contribution in [0, 0.1) is 5.92 Å². The zero-order valence-electron chi connectivity index (χ0n) is 19.4. The predicted molar refractivity (Wildman–Crippen MR) is 132 cm³/mol. The van der Waals surface area contributed by atoms with E-state index < -0.39 is 11.5 Å². The molecule has 0 radical (unpaired) electrons. The molecular weight excluding hydrogens is 452 g/mol. The van der Waals surface area contributed by atoms with E-state index in [2.05, 4.69) is 4.98 Å². The van der Waals surface area contributed by atoms with Crippen molar-refractivity contribution in [1.82, 2.24) is 19.2 Å². The number of hydroxylamine groups is 2. The van der Waals surface area contributed by atoms with Gasteiger partial charge in [0.2, 0.25) is 0 Å². The molecule has 176 valence electrons. The van der Waals surface area contributed by atoms with E-state index in [-0.39, 0.29) is 5.69 Å². The average Bonchev–Trinajstić information content (AvgIpc) is 3.60. The van der Waals surface area contributed by atoms with Crippen LogP contribution in [0.5, 0.6) is 0 Å². The summed E-state index contributed by atoms with van der Waals surface area (Å²) in [4.78, 5) is 50.5. The van der Waals surface area contributed by atoms with E-state index >= 15 is 0 Å². The normalized spacial score (nSPS) is 13.6. The molecule has 1 aliphatic rings. The Morgan fingerprint density at radius 3 is 2.71 bits per heavy atom. The number of carbonyl (C=O) groups is 1.